The van der Waals surface area contributed by atoms with Gasteiger partial charge in [-0.3, -0.25) is 9.59 Å². The minimum Gasteiger partial charge on any atom is -0.368 e. The van der Waals surface area contributed by atoms with Gasteiger partial charge in [0.25, 0.3) is 5.91 Å². The highest BCUT2D eigenvalue weighted by atomic mass is 16.2. The molecule has 136 valence electrons. The standard InChI is InChI=1S/C18H22N6O2/c1-9-4-10(2)6-12(5-9)22-16-14(15(19)25)21-8-13(23-16)24-18(17(20)26)7-11(18)3/h4-6,8,11H,7H2,1-3H3,(H2,19,25)(H2,20,26)(H2,22,23,24). The molecule has 0 bridgehead atoms. The van der Waals surface area contributed by atoms with E-state index in [0.29, 0.717) is 12.2 Å². The summed E-state index contributed by atoms with van der Waals surface area (Å²) >= 11 is 0. The van der Waals surface area contributed by atoms with E-state index in [4.69, 9.17) is 11.5 Å². The number of carbonyl (C=O) groups excluding carboxylic acids is 2. The van der Waals surface area contributed by atoms with Gasteiger partial charge in [0.05, 0.1) is 6.20 Å². The van der Waals surface area contributed by atoms with Gasteiger partial charge in [-0.25, -0.2) is 9.97 Å². The summed E-state index contributed by atoms with van der Waals surface area (Å²) in [7, 11) is 0. The summed E-state index contributed by atoms with van der Waals surface area (Å²) in [6, 6.07) is 5.88. The topological polar surface area (TPSA) is 136 Å². The Kier molecular flexibility index (Phi) is 4.27. The van der Waals surface area contributed by atoms with Gasteiger partial charge in [-0.15, -0.1) is 0 Å². The average molecular weight is 354 g/mol. The lowest BCUT2D eigenvalue weighted by molar-refractivity contribution is -0.119. The first-order valence-electron chi connectivity index (χ1n) is 8.31. The van der Waals surface area contributed by atoms with Crippen molar-refractivity contribution in [1.29, 1.82) is 0 Å². The van der Waals surface area contributed by atoms with Crippen molar-refractivity contribution < 1.29 is 9.59 Å². The first kappa shape index (κ1) is 17.7. The van der Waals surface area contributed by atoms with Crippen molar-refractivity contribution in [2.24, 2.45) is 17.4 Å². The molecule has 2 atom stereocenters. The number of nitrogens with one attached hydrogen (secondary N) is 2. The van der Waals surface area contributed by atoms with Crippen LogP contribution in [-0.2, 0) is 4.79 Å². The maximum absolute atomic E-state index is 11.7. The zero-order valence-corrected chi connectivity index (χ0v) is 15.0. The Morgan fingerprint density at radius 2 is 1.81 bits per heavy atom. The van der Waals surface area contributed by atoms with Crippen LogP contribution in [0.1, 0.15) is 35.0 Å². The van der Waals surface area contributed by atoms with Gasteiger partial charge < -0.3 is 22.1 Å². The molecule has 26 heavy (non-hydrogen) atoms. The molecule has 1 aliphatic carbocycles. The molecule has 8 heteroatoms. The Hall–Kier alpha value is -3.16. The molecule has 2 unspecified atom stereocenters. The number of benzene rings is 1. The van der Waals surface area contributed by atoms with Crippen molar-refractivity contribution in [3.05, 3.63) is 41.2 Å². The van der Waals surface area contributed by atoms with E-state index in [9.17, 15) is 9.59 Å². The molecule has 0 radical (unpaired) electrons. The Labute approximate surface area is 151 Å². The third-order valence-corrected chi connectivity index (χ3v) is 4.59. The molecular formula is C18H22N6O2. The lowest BCUT2D eigenvalue weighted by Crippen LogP contribution is -2.39. The number of aromatic nitrogens is 2. The van der Waals surface area contributed by atoms with Crippen molar-refractivity contribution in [2.45, 2.75) is 32.7 Å². The quantitative estimate of drug-likeness (QED) is 0.622. The minimum atomic E-state index is -0.819. The fourth-order valence-electron chi connectivity index (χ4n) is 3.13. The number of nitrogens with zero attached hydrogens (tertiary/aromatic N) is 2. The largest absolute Gasteiger partial charge is 0.368 e. The molecule has 1 saturated carbocycles. The summed E-state index contributed by atoms with van der Waals surface area (Å²) in [6.07, 6.45) is 2.00. The number of hydrogen-bond acceptors (Lipinski definition) is 6. The van der Waals surface area contributed by atoms with Crippen molar-refractivity contribution >= 4 is 29.1 Å². The maximum Gasteiger partial charge on any atom is 0.271 e. The van der Waals surface area contributed by atoms with Gasteiger partial charge in [0.1, 0.15) is 11.4 Å². The number of rotatable bonds is 6. The highest BCUT2D eigenvalue weighted by Gasteiger charge is 2.56. The molecule has 1 heterocycles. The molecule has 1 aromatic carbocycles. The normalized spacial score (nSPS) is 21.1. The zero-order valence-electron chi connectivity index (χ0n) is 15.0. The van der Waals surface area contributed by atoms with Gasteiger partial charge in [0.15, 0.2) is 11.5 Å². The van der Waals surface area contributed by atoms with Crippen molar-refractivity contribution in [3.63, 3.8) is 0 Å². The van der Waals surface area contributed by atoms with E-state index in [1.54, 1.807) is 0 Å². The summed E-state index contributed by atoms with van der Waals surface area (Å²) in [4.78, 5) is 31.9. The fraction of sp³-hybridized carbons (Fsp3) is 0.333. The van der Waals surface area contributed by atoms with Crippen LogP contribution in [0, 0.1) is 19.8 Å². The summed E-state index contributed by atoms with van der Waals surface area (Å²) in [6.45, 7) is 5.88. The number of nitrogens with two attached hydrogens (primary N) is 2. The van der Waals surface area contributed by atoms with E-state index in [0.717, 1.165) is 16.8 Å². The number of carbonyl (C=O) groups is 2. The first-order chi connectivity index (χ1) is 12.2. The summed E-state index contributed by atoms with van der Waals surface area (Å²) in [5, 5.41) is 6.15. The number of hydrogen-bond donors (Lipinski definition) is 4. The van der Waals surface area contributed by atoms with Gasteiger partial charge in [0.2, 0.25) is 5.91 Å². The smallest absolute Gasteiger partial charge is 0.271 e. The molecule has 0 aliphatic heterocycles. The Bertz CT molecular complexity index is 877. The van der Waals surface area contributed by atoms with Crippen LogP contribution in [0.5, 0.6) is 0 Å². The van der Waals surface area contributed by atoms with Crippen LogP contribution in [0.25, 0.3) is 0 Å². The molecule has 2 aromatic rings. The highest BCUT2D eigenvalue weighted by molar-refractivity contribution is 5.96. The zero-order chi connectivity index (χ0) is 19.1. The van der Waals surface area contributed by atoms with E-state index in [-0.39, 0.29) is 17.4 Å². The summed E-state index contributed by atoms with van der Waals surface area (Å²) in [5.74, 6) is -0.450. The van der Waals surface area contributed by atoms with Gasteiger partial charge in [-0.05, 0) is 49.4 Å². The molecule has 1 aliphatic rings. The molecular weight excluding hydrogens is 332 g/mol. The van der Waals surface area contributed by atoms with Crippen LogP contribution in [0.15, 0.2) is 24.4 Å². The molecule has 2 amide bonds. The van der Waals surface area contributed by atoms with Crippen LogP contribution in [-0.4, -0.2) is 27.3 Å². The van der Waals surface area contributed by atoms with E-state index < -0.39 is 17.4 Å². The van der Waals surface area contributed by atoms with Crippen molar-refractivity contribution in [2.75, 3.05) is 10.6 Å². The van der Waals surface area contributed by atoms with Gasteiger partial charge in [-0.2, -0.15) is 0 Å². The van der Waals surface area contributed by atoms with Crippen molar-refractivity contribution in [3.8, 4) is 0 Å². The Balaban J connectivity index is 1.94. The summed E-state index contributed by atoms with van der Waals surface area (Å²) < 4.78 is 0. The molecule has 0 saturated heterocycles. The predicted molar refractivity (Wildman–Crippen MR) is 99.1 cm³/mol. The van der Waals surface area contributed by atoms with Crippen molar-refractivity contribution in [1.82, 2.24) is 9.97 Å². The second kappa shape index (κ2) is 6.29. The lowest BCUT2D eigenvalue weighted by Gasteiger charge is -2.17. The number of primary amides is 2. The van der Waals surface area contributed by atoms with Gasteiger partial charge in [-0.1, -0.05) is 13.0 Å². The van der Waals surface area contributed by atoms with E-state index in [2.05, 4.69) is 20.6 Å². The second-order valence-electron chi connectivity index (χ2n) is 6.88. The molecule has 1 fully saturated rings. The monoisotopic (exact) mass is 354 g/mol. The third-order valence-electron chi connectivity index (χ3n) is 4.59. The van der Waals surface area contributed by atoms with Gasteiger partial charge >= 0.3 is 0 Å². The van der Waals surface area contributed by atoms with Crippen LogP contribution in [0.2, 0.25) is 0 Å². The highest BCUT2D eigenvalue weighted by Crippen LogP contribution is 2.45. The fourth-order valence-corrected chi connectivity index (χ4v) is 3.13. The number of amides is 2. The second-order valence-corrected chi connectivity index (χ2v) is 6.88. The van der Waals surface area contributed by atoms with Crippen LogP contribution in [0.4, 0.5) is 17.3 Å². The van der Waals surface area contributed by atoms with Crippen LogP contribution >= 0.6 is 0 Å². The minimum absolute atomic E-state index is 0.0201. The van der Waals surface area contributed by atoms with Crippen LogP contribution in [0.3, 0.4) is 0 Å². The van der Waals surface area contributed by atoms with Gasteiger partial charge in [0, 0.05) is 5.69 Å². The molecule has 1 aromatic heterocycles. The summed E-state index contributed by atoms with van der Waals surface area (Å²) in [5.41, 5.74) is 13.0. The predicted octanol–water partition coefficient (Wildman–Crippen LogP) is 1.61. The lowest BCUT2D eigenvalue weighted by atomic mass is 10.1. The van der Waals surface area contributed by atoms with Crippen LogP contribution < -0.4 is 22.1 Å². The third kappa shape index (κ3) is 3.30. The molecule has 0 spiro atoms. The first-order valence-corrected chi connectivity index (χ1v) is 8.31. The molecule has 8 nitrogen and oxygen atoms in total. The Morgan fingerprint density at radius 3 is 2.31 bits per heavy atom. The molecule has 3 rings (SSSR count). The Morgan fingerprint density at radius 1 is 1.19 bits per heavy atom. The number of aryl methyl sites for hydroxylation is 2. The SMILES string of the molecule is Cc1cc(C)cc(Nc2nc(NC3(C(N)=O)CC3C)cnc2C(N)=O)c1. The van der Waals surface area contributed by atoms with E-state index in [1.165, 1.54) is 6.20 Å². The van der Waals surface area contributed by atoms with E-state index >= 15 is 0 Å². The van der Waals surface area contributed by atoms with E-state index in [1.807, 2.05) is 39.0 Å². The molecule has 6 N–H and O–H groups in total. The average Bonchev–Trinajstić information content (AvgIpc) is 3.17. The number of anilines is 3. The maximum atomic E-state index is 11.7.